The number of hydrogen-bond acceptors (Lipinski definition) is 4. The van der Waals surface area contributed by atoms with E-state index < -0.39 is 29.9 Å². The molecule has 1 aliphatic rings. The van der Waals surface area contributed by atoms with E-state index in [2.05, 4.69) is 5.32 Å². The van der Waals surface area contributed by atoms with Crippen LogP contribution in [0.1, 0.15) is 25.8 Å². The smallest absolute Gasteiger partial charge is 0.325 e. The van der Waals surface area contributed by atoms with Crippen LogP contribution in [0.4, 0.5) is 9.18 Å². The number of aryl methyl sites for hydroxylation is 1. The minimum Gasteiger partial charge on any atom is -0.326 e. The van der Waals surface area contributed by atoms with Gasteiger partial charge in [0.1, 0.15) is 17.9 Å². The molecule has 24 heavy (non-hydrogen) atoms. The molecule has 3 N–H and O–H groups in total. The zero-order chi connectivity index (χ0) is 17.9. The van der Waals surface area contributed by atoms with Crippen molar-refractivity contribution in [3.8, 4) is 0 Å². The third-order valence-corrected chi connectivity index (χ3v) is 3.98. The Labute approximate surface area is 138 Å². The first-order valence-corrected chi connectivity index (χ1v) is 7.67. The summed E-state index contributed by atoms with van der Waals surface area (Å²) in [6.07, 6.45) is 0.807. The lowest BCUT2D eigenvalue weighted by atomic mass is 10.0. The molecule has 0 bridgehead atoms. The number of carbonyl (C=O) groups excluding carboxylic acids is 3. The largest absolute Gasteiger partial charge is 0.326 e. The summed E-state index contributed by atoms with van der Waals surface area (Å²) in [6, 6.07) is 3.39. The van der Waals surface area contributed by atoms with Gasteiger partial charge in [-0.05, 0) is 36.5 Å². The standard InChI is InChI=1S/C16H20FN3O4/c1-9(2)13(14(21)19-24)20-15(22)12(18-16(20)23)8-5-10-3-6-11(17)7-4-10/h3-4,6-7,9,12-13,24H,5,8H2,1-2H3,(H,18,23)(H,19,21)/t12-,13+/m0/s1. The van der Waals surface area contributed by atoms with Crippen LogP contribution in [0.5, 0.6) is 0 Å². The van der Waals surface area contributed by atoms with E-state index in [4.69, 9.17) is 5.21 Å². The third kappa shape index (κ3) is 3.70. The molecule has 1 aromatic carbocycles. The van der Waals surface area contributed by atoms with Crippen molar-refractivity contribution in [2.24, 2.45) is 5.92 Å². The van der Waals surface area contributed by atoms with Crippen molar-refractivity contribution >= 4 is 17.8 Å². The van der Waals surface area contributed by atoms with Gasteiger partial charge in [0.2, 0.25) is 0 Å². The van der Waals surface area contributed by atoms with Crippen molar-refractivity contribution < 1.29 is 24.0 Å². The number of benzene rings is 1. The van der Waals surface area contributed by atoms with E-state index in [1.807, 2.05) is 0 Å². The van der Waals surface area contributed by atoms with Gasteiger partial charge in [-0.25, -0.2) is 19.6 Å². The molecule has 1 aromatic rings. The number of nitrogens with one attached hydrogen (secondary N) is 2. The summed E-state index contributed by atoms with van der Waals surface area (Å²) in [5.41, 5.74) is 2.33. The molecule has 0 aliphatic carbocycles. The Kier molecular flexibility index (Phi) is 5.50. The maximum absolute atomic E-state index is 12.9. The molecular weight excluding hydrogens is 317 g/mol. The Hall–Kier alpha value is -2.48. The average molecular weight is 337 g/mol. The molecule has 4 amide bonds. The first kappa shape index (κ1) is 17.9. The number of nitrogens with zero attached hydrogens (tertiary/aromatic N) is 1. The second kappa shape index (κ2) is 7.39. The first-order chi connectivity index (χ1) is 11.3. The molecule has 2 atom stereocenters. The second-order valence-electron chi connectivity index (χ2n) is 6.04. The van der Waals surface area contributed by atoms with Gasteiger partial charge in [-0.2, -0.15) is 0 Å². The molecule has 8 heteroatoms. The quantitative estimate of drug-likeness (QED) is 0.413. The minimum absolute atomic E-state index is 0.332. The molecule has 0 aromatic heterocycles. The Balaban J connectivity index is 2.07. The van der Waals surface area contributed by atoms with E-state index in [-0.39, 0.29) is 11.7 Å². The lowest BCUT2D eigenvalue weighted by Gasteiger charge is -2.26. The molecule has 0 unspecified atom stereocenters. The second-order valence-corrected chi connectivity index (χ2v) is 6.04. The molecular formula is C16H20FN3O4. The Morgan fingerprint density at radius 1 is 1.33 bits per heavy atom. The van der Waals surface area contributed by atoms with Crippen LogP contribution in [0.25, 0.3) is 0 Å². The van der Waals surface area contributed by atoms with E-state index >= 15 is 0 Å². The van der Waals surface area contributed by atoms with Crippen molar-refractivity contribution in [2.45, 2.75) is 38.8 Å². The lowest BCUT2D eigenvalue weighted by molar-refractivity contribution is -0.142. The molecule has 0 saturated carbocycles. The highest BCUT2D eigenvalue weighted by Crippen LogP contribution is 2.20. The fourth-order valence-electron chi connectivity index (χ4n) is 2.75. The summed E-state index contributed by atoms with van der Waals surface area (Å²) in [5.74, 6) is -2.02. The van der Waals surface area contributed by atoms with Crippen molar-refractivity contribution in [1.29, 1.82) is 0 Å². The highest BCUT2D eigenvalue weighted by molar-refractivity contribution is 6.07. The predicted octanol–water partition coefficient (Wildman–Crippen LogP) is 1.21. The molecule has 1 saturated heterocycles. The fraction of sp³-hybridized carbons (Fsp3) is 0.438. The Morgan fingerprint density at radius 3 is 2.50 bits per heavy atom. The number of urea groups is 1. The third-order valence-electron chi connectivity index (χ3n) is 3.98. The molecule has 0 spiro atoms. The number of hydroxylamine groups is 1. The van der Waals surface area contributed by atoms with Crippen LogP contribution in [0, 0.1) is 11.7 Å². The van der Waals surface area contributed by atoms with Crippen LogP contribution in [0.2, 0.25) is 0 Å². The van der Waals surface area contributed by atoms with Gasteiger partial charge in [0, 0.05) is 0 Å². The summed E-state index contributed by atoms with van der Waals surface area (Å²) in [5, 5.41) is 11.4. The van der Waals surface area contributed by atoms with E-state index in [9.17, 15) is 18.8 Å². The van der Waals surface area contributed by atoms with Gasteiger partial charge in [-0.1, -0.05) is 26.0 Å². The molecule has 0 radical (unpaired) electrons. The lowest BCUT2D eigenvalue weighted by Crippen LogP contribution is -2.52. The number of halogens is 1. The van der Waals surface area contributed by atoms with Crippen LogP contribution in [0.3, 0.4) is 0 Å². The maximum Gasteiger partial charge on any atom is 0.325 e. The molecule has 1 fully saturated rings. The molecule has 7 nitrogen and oxygen atoms in total. The number of imide groups is 1. The zero-order valence-corrected chi connectivity index (χ0v) is 13.5. The topological polar surface area (TPSA) is 98.7 Å². The van der Waals surface area contributed by atoms with Crippen LogP contribution in [-0.4, -0.2) is 40.0 Å². The highest BCUT2D eigenvalue weighted by Gasteiger charge is 2.45. The fourth-order valence-corrected chi connectivity index (χ4v) is 2.75. The monoisotopic (exact) mass is 337 g/mol. The number of carbonyl (C=O) groups is 3. The van der Waals surface area contributed by atoms with Crippen molar-refractivity contribution in [3.63, 3.8) is 0 Å². The van der Waals surface area contributed by atoms with E-state index in [0.29, 0.717) is 12.8 Å². The van der Waals surface area contributed by atoms with Crippen molar-refractivity contribution in [2.75, 3.05) is 0 Å². The highest BCUT2D eigenvalue weighted by atomic mass is 19.1. The van der Waals surface area contributed by atoms with Gasteiger partial charge in [0.25, 0.3) is 11.8 Å². The Bertz CT molecular complexity index is 633. The van der Waals surface area contributed by atoms with Crippen LogP contribution >= 0.6 is 0 Å². The SMILES string of the molecule is CC(C)[C@H](C(=O)NO)N1C(=O)N[C@@H](CCc2ccc(F)cc2)C1=O. The summed E-state index contributed by atoms with van der Waals surface area (Å²) in [4.78, 5) is 37.2. The summed E-state index contributed by atoms with van der Waals surface area (Å²) in [6.45, 7) is 3.35. The van der Waals surface area contributed by atoms with Crippen molar-refractivity contribution in [3.05, 3.63) is 35.6 Å². The van der Waals surface area contributed by atoms with Crippen LogP contribution in [0.15, 0.2) is 24.3 Å². The maximum atomic E-state index is 12.9. The predicted molar refractivity (Wildman–Crippen MR) is 82.4 cm³/mol. The average Bonchev–Trinajstić information content (AvgIpc) is 2.82. The molecule has 2 rings (SSSR count). The number of rotatable bonds is 6. The molecule has 130 valence electrons. The zero-order valence-electron chi connectivity index (χ0n) is 13.5. The minimum atomic E-state index is -1.08. The summed E-state index contributed by atoms with van der Waals surface area (Å²) in [7, 11) is 0. The van der Waals surface area contributed by atoms with E-state index in [1.165, 1.54) is 17.6 Å². The van der Waals surface area contributed by atoms with E-state index in [0.717, 1.165) is 10.5 Å². The normalized spacial score (nSPS) is 18.7. The van der Waals surface area contributed by atoms with Gasteiger partial charge in [-0.3, -0.25) is 14.8 Å². The van der Waals surface area contributed by atoms with Crippen molar-refractivity contribution in [1.82, 2.24) is 15.7 Å². The van der Waals surface area contributed by atoms with Crippen LogP contribution < -0.4 is 10.8 Å². The first-order valence-electron chi connectivity index (χ1n) is 7.67. The molecule has 1 heterocycles. The van der Waals surface area contributed by atoms with Gasteiger partial charge in [0.05, 0.1) is 0 Å². The van der Waals surface area contributed by atoms with Gasteiger partial charge in [-0.15, -0.1) is 0 Å². The molecule has 1 aliphatic heterocycles. The number of amides is 4. The van der Waals surface area contributed by atoms with Crippen LogP contribution in [-0.2, 0) is 16.0 Å². The Morgan fingerprint density at radius 2 is 1.96 bits per heavy atom. The van der Waals surface area contributed by atoms with Gasteiger partial charge in [0.15, 0.2) is 0 Å². The number of hydrogen-bond donors (Lipinski definition) is 3. The van der Waals surface area contributed by atoms with Gasteiger partial charge >= 0.3 is 6.03 Å². The summed E-state index contributed by atoms with van der Waals surface area (Å²) >= 11 is 0. The van der Waals surface area contributed by atoms with Gasteiger partial charge < -0.3 is 5.32 Å². The summed E-state index contributed by atoms with van der Waals surface area (Å²) < 4.78 is 12.9. The van der Waals surface area contributed by atoms with E-state index in [1.54, 1.807) is 26.0 Å².